The lowest BCUT2D eigenvalue weighted by molar-refractivity contribution is 0.378. The molecule has 1 radical (unpaired) electrons. The number of methoxy groups -OCH3 is 1. The highest BCUT2D eigenvalue weighted by molar-refractivity contribution is 5.45. The van der Waals surface area contributed by atoms with Gasteiger partial charge >= 0.3 is 0 Å². The molecule has 0 aliphatic carbocycles. The van der Waals surface area contributed by atoms with Crippen LogP contribution in [0.2, 0.25) is 0 Å². The molecule has 81 valence electrons. The SMILES string of the molecule is [CH2]c1ccccc1Oc1ccccc1OC. The molecule has 0 amide bonds. The molecule has 0 saturated carbocycles. The van der Waals surface area contributed by atoms with E-state index >= 15 is 0 Å². The summed E-state index contributed by atoms with van der Waals surface area (Å²) in [5.41, 5.74) is 0.855. The third-order valence-corrected chi connectivity index (χ3v) is 2.26. The first kappa shape index (κ1) is 10.6. The monoisotopic (exact) mass is 213 g/mol. The van der Waals surface area contributed by atoms with Crippen LogP contribution in [0.5, 0.6) is 17.2 Å². The van der Waals surface area contributed by atoms with Gasteiger partial charge in [-0.15, -0.1) is 0 Å². The Hall–Kier alpha value is -1.96. The maximum atomic E-state index is 5.74. The Balaban J connectivity index is 2.30. The molecule has 0 aliphatic rings. The summed E-state index contributed by atoms with van der Waals surface area (Å²) in [7, 11) is 1.62. The van der Waals surface area contributed by atoms with E-state index < -0.39 is 0 Å². The normalized spacial score (nSPS) is 9.88. The van der Waals surface area contributed by atoms with E-state index in [0.29, 0.717) is 11.5 Å². The molecule has 2 heteroatoms. The van der Waals surface area contributed by atoms with Gasteiger partial charge in [-0.3, -0.25) is 0 Å². The summed E-state index contributed by atoms with van der Waals surface area (Å²) in [5.74, 6) is 2.15. The molecule has 2 aromatic carbocycles. The Morgan fingerprint density at radius 3 is 2.00 bits per heavy atom. The van der Waals surface area contributed by atoms with Gasteiger partial charge in [-0.1, -0.05) is 30.3 Å². The molecule has 16 heavy (non-hydrogen) atoms. The average Bonchev–Trinajstić information content (AvgIpc) is 2.33. The topological polar surface area (TPSA) is 18.5 Å². The molecule has 0 spiro atoms. The third-order valence-electron chi connectivity index (χ3n) is 2.26. The Morgan fingerprint density at radius 2 is 1.38 bits per heavy atom. The van der Waals surface area contributed by atoms with Gasteiger partial charge in [0.2, 0.25) is 0 Å². The summed E-state index contributed by atoms with van der Waals surface area (Å²) in [5, 5.41) is 0. The fourth-order valence-electron chi connectivity index (χ4n) is 1.42. The van der Waals surface area contributed by atoms with Crippen LogP contribution in [0.1, 0.15) is 5.56 Å². The average molecular weight is 213 g/mol. The van der Waals surface area contributed by atoms with Crippen molar-refractivity contribution in [2.24, 2.45) is 0 Å². The standard InChI is InChI=1S/C14H13O2/c1-11-7-3-4-8-12(11)16-14-10-6-5-9-13(14)15-2/h3-10H,1H2,2H3. The largest absolute Gasteiger partial charge is 0.493 e. The minimum atomic E-state index is 0.695. The van der Waals surface area contributed by atoms with Crippen LogP contribution in [-0.2, 0) is 0 Å². The molecule has 0 atom stereocenters. The maximum Gasteiger partial charge on any atom is 0.169 e. The van der Waals surface area contributed by atoms with Crippen LogP contribution in [0.25, 0.3) is 0 Å². The molecule has 0 unspecified atom stereocenters. The van der Waals surface area contributed by atoms with E-state index in [1.165, 1.54) is 0 Å². The first-order valence-electron chi connectivity index (χ1n) is 5.03. The van der Waals surface area contributed by atoms with Crippen molar-refractivity contribution in [2.45, 2.75) is 0 Å². The Labute approximate surface area is 95.4 Å². The van der Waals surface area contributed by atoms with Crippen molar-refractivity contribution in [3.63, 3.8) is 0 Å². The highest BCUT2D eigenvalue weighted by Crippen LogP contribution is 2.32. The van der Waals surface area contributed by atoms with Crippen LogP contribution in [0, 0.1) is 6.92 Å². The fourth-order valence-corrected chi connectivity index (χ4v) is 1.42. The van der Waals surface area contributed by atoms with Crippen molar-refractivity contribution >= 4 is 0 Å². The van der Waals surface area contributed by atoms with Gasteiger partial charge in [0, 0.05) is 0 Å². The van der Waals surface area contributed by atoms with E-state index in [1.54, 1.807) is 7.11 Å². The minimum absolute atomic E-state index is 0.695. The summed E-state index contributed by atoms with van der Waals surface area (Å²) in [6.45, 7) is 3.91. The number of hydrogen-bond acceptors (Lipinski definition) is 2. The zero-order valence-corrected chi connectivity index (χ0v) is 9.14. The van der Waals surface area contributed by atoms with E-state index in [9.17, 15) is 0 Å². The molecule has 0 N–H and O–H groups in total. The van der Waals surface area contributed by atoms with Crippen LogP contribution >= 0.6 is 0 Å². The summed E-state index contributed by atoms with van der Waals surface area (Å²) in [6.07, 6.45) is 0. The zero-order chi connectivity index (χ0) is 11.4. The molecule has 0 aliphatic heterocycles. The molecule has 0 bridgehead atoms. The quantitative estimate of drug-likeness (QED) is 0.774. The van der Waals surface area contributed by atoms with Gasteiger partial charge < -0.3 is 9.47 Å². The number of benzene rings is 2. The predicted molar refractivity (Wildman–Crippen MR) is 64.0 cm³/mol. The Morgan fingerprint density at radius 1 is 0.812 bits per heavy atom. The summed E-state index contributed by atoms with van der Waals surface area (Å²) >= 11 is 0. The molecule has 0 heterocycles. The second-order valence-corrected chi connectivity index (χ2v) is 3.36. The first-order chi connectivity index (χ1) is 7.81. The lowest BCUT2D eigenvalue weighted by Crippen LogP contribution is -1.91. The van der Waals surface area contributed by atoms with Crippen molar-refractivity contribution in [3.8, 4) is 17.2 Å². The second kappa shape index (κ2) is 4.71. The van der Waals surface area contributed by atoms with E-state index in [-0.39, 0.29) is 0 Å². The Bertz CT molecular complexity index is 478. The van der Waals surface area contributed by atoms with Crippen LogP contribution < -0.4 is 9.47 Å². The van der Waals surface area contributed by atoms with Gasteiger partial charge in [-0.05, 0) is 30.7 Å². The fraction of sp³-hybridized carbons (Fsp3) is 0.0714. The van der Waals surface area contributed by atoms with E-state index in [2.05, 4.69) is 6.92 Å². The van der Waals surface area contributed by atoms with E-state index in [0.717, 1.165) is 11.3 Å². The van der Waals surface area contributed by atoms with E-state index in [4.69, 9.17) is 9.47 Å². The van der Waals surface area contributed by atoms with Crippen LogP contribution in [0.4, 0.5) is 0 Å². The smallest absolute Gasteiger partial charge is 0.169 e. The first-order valence-corrected chi connectivity index (χ1v) is 5.03. The molecule has 2 nitrogen and oxygen atoms in total. The summed E-state index contributed by atoms with van der Waals surface area (Å²) in [4.78, 5) is 0. The van der Waals surface area contributed by atoms with Crippen molar-refractivity contribution in [3.05, 3.63) is 61.0 Å². The maximum absolute atomic E-state index is 5.74. The van der Waals surface area contributed by atoms with Crippen LogP contribution in [0.3, 0.4) is 0 Å². The van der Waals surface area contributed by atoms with Crippen LogP contribution in [-0.4, -0.2) is 7.11 Å². The number of para-hydroxylation sites is 3. The van der Waals surface area contributed by atoms with Crippen molar-refractivity contribution < 1.29 is 9.47 Å². The minimum Gasteiger partial charge on any atom is -0.493 e. The Kier molecular flexibility index (Phi) is 3.10. The molecule has 0 aromatic heterocycles. The number of ether oxygens (including phenoxy) is 2. The summed E-state index contributed by atoms with van der Waals surface area (Å²) in [6, 6.07) is 15.2. The molecular formula is C14H13O2. The molecule has 2 rings (SSSR count). The van der Waals surface area contributed by atoms with Gasteiger partial charge in [0.25, 0.3) is 0 Å². The van der Waals surface area contributed by atoms with E-state index in [1.807, 2.05) is 48.5 Å². The highest BCUT2D eigenvalue weighted by atomic mass is 16.5. The molecular weight excluding hydrogens is 200 g/mol. The second-order valence-electron chi connectivity index (χ2n) is 3.36. The molecule has 2 aromatic rings. The molecule has 0 fully saturated rings. The van der Waals surface area contributed by atoms with Crippen molar-refractivity contribution in [2.75, 3.05) is 7.11 Å². The highest BCUT2D eigenvalue weighted by Gasteiger charge is 2.05. The van der Waals surface area contributed by atoms with Crippen LogP contribution in [0.15, 0.2) is 48.5 Å². The lowest BCUT2D eigenvalue weighted by Gasteiger charge is -2.11. The zero-order valence-electron chi connectivity index (χ0n) is 9.14. The van der Waals surface area contributed by atoms with Crippen molar-refractivity contribution in [1.29, 1.82) is 0 Å². The number of hydrogen-bond donors (Lipinski definition) is 0. The van der Waals surface area contributed by atoms with Crippen molar-refractivity contribution in [1.82, 2.24) is 0 Å². The van der Waals surface area contributed by atoms with Gasteiger partial charge in [-0.25, -0.2) is 0 Å². The lowest BCUT2D eigenvalue weighted by atomic mass is 10.2. The molecule has 0 saturated heterocycles. The predicted octanol–water partition coefficient (Wildman–Crippen LogP) is 3.67. The van der Waals surface area contributed by atoms with Gasteiger partial charge in [0.15, 0.2) is 11.5 Å². The van der Waals surface area contributed by atoms with Gasteiger partial charge in [-0.2, -0.15) is 0 Å². The van der Waals surface area contributed by atoms with Gasteiger partial charge in [0.1, 0.15) is 5.75 Å². The van der Waals surface area contributed by atoms with Gasteiger partial charge in [0.05, 0.1) is 7.11 Å². The summed E-state index contributed by atoms with van der Waals surface area (Å²) < 4.78 is 11.0. The third kappa shape index (κ3) is 2.16. The number of rotatable bonds is 3.